The van der Waals surface area contributed by atoms with Gasteiger partial charge in [0.1, 0.15) is 0 Å². The van der Waals surface area contributed by atoms with Crippen LogP contribution in [0.5, 0.6) is 5.06 Å². The maximum absolute atomic E-state index is 11.6. The summed E-state index contributed by atoms with van der Waals surface area (Å²) < 4.78 is 36.5. The molecular formula is C9H10O5S2. The molecule has 0 saturated carbocycles. The fraction of sp³-hybridized carbons (Fsp3) is 0.444. The first-order valence-electron chi connectivity index (χ1n) is 4.65. The summed E-state index contributed by atoms with van der Waals surface area (Å²) in [5, 5.41) is 0.0859. The van der Waals surface area contributed by atoms with Crippen molar-refractivity contribution < 1.29 is 22.5 Å². The number of ketones is 1. The van der Waals surface area contributed by atoms with Gasteiger partial charge in [0.15, 0.2) is 15.7 Å². The summed E-state index contributed by atoms with van der Waals surface area (Å²) in [6, 6.07) is 0. The number of ether oxygens (including phenoxy) is 1. The first-order valence-corrected chi connectivity index (χ1v) is 6.91. The molecule has 1 aliphatic carbocycles. The molecule has 0 fully saturated rings. The van der Waals surface area contributed by atoms with Crippen molar-refractivity contribution in [3.63, 3.8) is 0 Å². The standard InChI is InChI=1S/C9H10O5S2/c1-14-9-8(16(11,12)13)5-3-2-4-6(10)7(5)15-9/h2-4H2,1H3,(H,11,12,13). The molecule has 0 aliphatic heterocycles. The summed E-state index contributed by atoms with van der Waals surface area (Å²) >= 11 is 0.986. The summed E-state index contributed by atoms with van der Waals surface area (Å²) in [4.78, 5) is 11.7. The highest BCUT2D eigenvalue weighted by atomic mass is 32.2. The molecule has 7 heteroatoms. The van der Waals surface area contributed by atoms with Gasteiger partial charge in [0.25, 0.3) is 10.1 Å². The Labute approximate surface area is 96.8 Å². The van der Waals surface area contributed by atoms with Gasteiger partial charge in [-0.25, -0.2) is 0 Å². The molecule has 0 atom stereocenters. The molecule has 1 aliphatic rings. The van der Waals surface area contributed by atoms with E-state index in [0.29, 0.717) is 29.7 Å². The van der Waals surface area contributed by atoms with Crippen molar-refractivity contribution >= 4 is 27.2 Å². The zero-order valence-electron chi connectivity index (χ0n) is 8.52. The van der Waals surface area contributed by atoms with Gasteiger partial charge < -0.3 is 4.74 Å². The molecular weight excluding hydrogens is 252 g/mol. The number of carbonyl (C=O) groups excluding carboxylic acids is 1. The molecule has 0 radical (unpaired) electrons. The highest BCUT2D eigenvalue weighted by Gasteiger charge is 2.32. The average molecular weight is 262 g/mol. The maximum atomic E-state index is 11.6. The van der Waals surface area contributed by atoms with Crippen LogP contribution in [0.2, 0.25) is 0 Å². The second kappa shape index (κ2) is 3.83. The topological polar surface area (TPSA) is 80.7 Å². The summed E-state index contributed by atoms with van der Waals surface area (Å²) in [6.07, 6.45) is 1.51. The third-order valence-corrected chi connectivity index (χ3v) is 4.77. The minimum absolute atomic E-state index is 0.0838. The van der Waals surface area contributed by atoms with E-state index in [1.54, 1.807) is 0 Å². The van der Waals surface area contributed by atoms with Gasteiger partial charge in [-0.3, -0.25) is 9.35 Å². The number of fused-ring (bicyclic) bond motifs is 1. The summed E-state index contributed by atoms with van der Waals surface area (Å²) in [5.41, 5.74) is 0.403. The second-order valence-electron chi connectivity index (χ2n) is 3.48. The summed E-state index contributed by atoms with van der Waals surface area (Å²) in [6.45, 7) is 0. The zero-order valence-corrected chi connectivity index (χ0v) is 10.2. The number of rotatable bonds is 2. The van der Waals surface area contributed by atoms with E-state index in [4.69, 9.17) is 9.29 Å². The molecule has 1 aromatic rings. The van der Waals surface area contributed by atoms with E-state index < -0.39 is 10.1 Å². The lowest BCUT2D eigenvalue weighted by Gasteiger charge is -2.10. The van der Waals surface area contributed by atoms with Crippen molar-refractivity contribution in [2.75, 3.05) is 7.11 Å². The van der Waals surface area contributed by atoms with Crippen LogP contribution in [-0.2, 0) is 16.5 Å². The van der Waals surface area contributed by atoms with Crippen LogP contribution in [0.3, 0.4) is 0 Å². The molecule has 0 saturated heterocycles. The normalized spacial score (nSPS) is 16.0. The molecule has 0 bridgehead atoms. The first kappa shape index (κ1) is 11.6. The van der Waals surface area contributed by atoms with Gasteiger partial charge in [0.2, 0.25) is 0 Å². The summed E-state index contributed by atoms with van der Waals surface area (Å²) in [7, 11) is -3.02. The number of Topliss-reactive ketones (excluding diaryl/α,β-unsaturated/α-hetero) is 1. The quantitative estimate of drug-likeness (QED) is 0.817. The van der Waals surface area contributed by atoms with E-state index in [1.807, 2.05) is 0 Å². The van der Waals surface area contributed by atoms with Crippen LogP contribution in [0, 0.1) is 0 Å². The smallest absolute Gasteiger partial charge is 0.299 e. The van der Waals surface area contributed by atoms with Crippen LogP contribution >= 0.6 is 11.3 Å². The van der Waals surface area contributed by atoms with E-state index in [-0.39, 0.29) is 15.7 Å². The third kappa shape index (κ3) is 1.74. The zero-order chi connectivity index (χ0) is 11.9. The summed E-state index contributed by atoms with van der Waals surface area (Å²) in [5.74, 6) is -0.0838. The molecule has 1 aromatic heterocycles. The minimum atomic E-state index is -4.33. The van der Waals surface area contributed by atoms with Gasteiger partial charge in [0, 0.05) is 6.42 Å². The lowest BCUT2D eigenvalue weighted by Crippen LogP contribution is -2.11. The van der Waals surface area contributed by atoms with E-state index in [9.17, 15) is 13.2 Å². The molecule has 0 unspecified atom stereocenters. The number of methoxy groups -OCH3 is 1. The highest BCUT2D eigenvalue weighted by molar-refractivity contribution is 7.86. The van der Waals surface area contributed by atoms with Gasteiger partial charge in [0.05, 0.1) is 12.0 Å². The number of thiophene rings is 1. The van der Waals surface area contributed by atoms with E-state index >= 15 is 0 Å². The van der Waals surface area contributed by atoms with Crippen LogP contribution in [0.1, 0.15) is 28.1 Å². The minimum Gasteiger partial charge on any atom is -0.486 e. The van der Waals surface area contributed by atoms with Crippen molar-refractivity contribution in [1.29, 1.82) is 0 Å². The van der Waals surface area contributed by atoms with Crippen molar-refractivity contribution in [3.8, 4) is 5.06 Å². The van der Waals surface area contributed by atoms with Gasteiger partial charge in [-0.15, -0.1) is 0 Å². The monoisotopic (exact) mass is 262 g/mol. The Hall–Kier alpha value is -0.920. The van der Waals surface area contributed by atoms with E-state index in [2.05, 4.69) is 0 Å². The van der Waals surface area contributed by atoms with Crippen molar-refractivity contribution in [3.05, 3.63) is 10.4 Å². The van der Waals surface area contributed by atoms with E-state index in [1.165, 1.54) is 7.11 Å². The van der Waals surface area contributed by atoms with Gasteiger partial charge >= 0.3 is 0 Å². The van der Waals surface area contributed by atoms with Crippen molar-refractivity contribution in [2.45, 2.75) is 24.2 Å². The molecule has 1 heterocycles. The van der Waals surface area contributed by atoms with E-state index in [0.717, 1.165) is 11.3 Å². The Morgan fingerprint density at radius 2 is 2.06 bits per heavy atom. The largest absolute Gasteiger partial charge is 0.486 e. The molecule has 16 heavy (non-hydrogen) atoms. The molecule has 88 valence electrons. The number of hydrogen-bond donors (Lipinski definition) is 1. The molecule has 0 aromatic carbocycles. The van der Waals surface area contributed by atoms with Crippen LogP contribution < -0.4 is 4.74 Å². The number of carbonyl (C=O) groups is 1. The van der Waals surface area contributed by atoms with Crippen LogP contribution in [0.25, 0.3) is 0 Å². The Kier molecular flexibility index (Phi) is 2.77. The Morgan fingerprint density at radius 3 is 2.62 bits per heavy atom. The van der Waals surface area contributed by atoms with Crippen LogP contribution in [-0.4, -0.2) is 25.9 Å². The van der Waals surface area contributed by atoms with Gasteiger partial charge in [-0.2, -0.15) is 8.42 Å². The first-order chi connectivity index (χ1) is 7.45. The molecule has 0 amide bonds. The average Bonchev–Trinajstić information content (AvgIpc) is 2.57. The SMILES string of the molecule is COc1sc2c(c1S(=O)(=O)O)CCCC2=O. The molecule has 2 rings (SSSR count). The van der Waals surface area contributed by atoms with Crippen LogP contribution in [0.4, 0.5) is 0 Å². The molecule has 1 N–H and O–H groups in total. The van der Waals surface area contributed by atoms with Gasteiger partial charge in [-0.05, 0) is 18.4 Å². The second-order valence-corrected chi connectivity index (χ2v) is 5.82. The predicted molar refractivity (Wildman–Crippen MR) is 58.0 cm³/mol. The molecule has 5 nitrogen and oxygen atoms in total. The lowest BCUT2D eigenvalue weighted by molar-refractivity contribution is 0.0976. The number of hydrogen-bond acceptors (Lipinski definition) is 5. The van der Waals surface area contributed by atoms with Gasteiger partial charge in [-0.1, -0.05) is 11.3 Å². The fourth-order valence-electron chi connectivity index (χ4n) is 1.81. The van der Waals surface area contributed by atoms with Crippen molar-refractivity contribution in [2.24, 2.45) is 0 Å². The Bertz CT molecular complexity index is 540. The molecule has 0 spiro atoms. The fourth-order valence-corrected chi connectivity index (χ4v) is 4.16. The Balaban J connectivity index is 2.72. The Morgan fingerprint density at radius 1 is 1.38 bits per heavy atom. The predicted octanol–water partition coefficient (Wildman–Crippen LogP) is 1.52. The lowest BCUT2D eigenvalue weighted by atomic mass is 9.98. The highest BCUT2D eigenvalue weighted by Crippen LogP contribution is 2.42. The maximum Gasteiger partial charge on any atom is 0.299 e. The van der Waals surface area contributed by atoms with Crippen LogP contribution in [0.15, 0.2) is 4.90 Å². The third-order valence-electron chi connectivity index (χ3n) is 2.46. The van der Waals surface area contributed by atoms with Crippen molar-refractivity contribution in [1.82, 2.24) is 0 Å².